The van der Waals surface area contributed by atoms with E-state index in [0.29, 0.717) is 54.4 Å². The Bertz CT molecular complexity index is 1640. The minimum Gasteiger partial charge on any atom is -0.496 e. The number of nitrogens with zero attached hydrogens (tertiary/aromatic N) is 6. The van der Waals surface area contributed by atoms with E-state index in [4.69, 9.17) is 21.3 Å². The Morgan fingerprint density at radius 2 is 1.70 bits per heavy atom. The molecule has 3 aromatic carbocycles. The van der Waals surface area contributed by atoms with Crippen LogP contribution in [0.3, 0.4) is 0 Å². The van der Waals surface area contributed by atoms with Crippen LogP contribution in [-0.4, -0.2) is 63.7 Å². The van der Waals surface area contributed by atoms with E-state index in [-0.39, 0.29) is 5.91 Å². The number of hydrogen-bond donors (Lipinski definition) is 0. The molecule has 0 unspecified atom stereocenters. The summed E-state index contributed by atoms with van der Waals surface area (Å²) in [6, 6.07) is 21.0. The van der Waals surface area contributed by atoms with Crippen LogP contribution in [0.4, 0.5) is 5.95 Å². The Morgan fingerprint density at radius 1 is 0.946 bits per heavy atom. The van der Waals surface area contributed by atoms with Gasteiger partial charge in [-0.15, -0.1) is 10.2 Å². The molecular weight excluding hydrogens is 488 g/mol. The van der Waals surface area contributed by atoms with Gasteiger partial charge in [-0.2, -0.15) is 0 Å². The number of rotatable bonds is 4. The molecule has 1 amide bonds. The fraction of sp³-hybridized carbons (Fsp3) is 0.214. The standard InChI is InChI=1S/C28H25ClN6O2/c1-18-7-3-4-8-20(18)27(36)33-13-15-34(16-14-33)28-30-23-17-19(29)11-12-21(23)25-31-32-26(35(25)28)22-9-5-6-10-24(22)37-2/h3-12,17H,13-16H2,1-2H3. The van der Waals surface area contributed by atoms with Crippen molar-refractivity contribution < 1.29 is 9.53 Å². The third kappa shape index (κ3) is 4.03. The molecule has 1 fully saturated rings. The van der Waals surface area contributed by atoms with Gasteiger partial charge in [-0.05, 0) is 48.9 Å². The summed E-state index contributed by atoms with van der Waals surface area (Å²) in [5.74, 6) is 2.11. The van der Waals surface area contributed by atoms with Crippen molar-refractivity contribution in [3.05, 3.63) is 82.9 Å². The van der Waals surface area contributed by atoms with E-state index < -0.39 is 0 Å². The van der Waals surface area contributed by atoms with Crippen molar-refractivity contribution in [1.82, 2.24) is 24.5 Å². The number of amides is 1. The summed E-state index contributed by atoms with van der Waals surface area (Å²) in [7, 11) is 1.64. The van der Waals surface area contributed by atoms with Crippen LogP contribution < -0.4 is 9.64 Å². The second-order valence-corrected chi connectivity index (χ2v) is 9.49. The fourth-order valence-electron chi connectivity index (χ4n) is 4.90. The number of piperazine rings is 1. The van der Waals surface area contributed by atoms with Gasteiger partial charge in [0, 0.05) is 42.2 Å². The lowest BCUT2D eigenvalue weighted by Gasteiger charge is -2.36. The van der Waals surface area contributed by atoms with Crippen LogP contribution in [0, 0.1) is 6.92 Å². The summed E-state index contributed by atoms with van der Waals surface area (Å²) in [6.45, 7) is 4.37. The molecule has 5 aromatic rings. The van der Waals surface area contributed by atoms with Crippen LogP contribution in [-0.2, 0) is 0 Å². The van der Waals surface area contributed by atoms with Crippen LogP contribution in [0.15, 0.2) is 66.7 Å². The van der Waals surface area contributed by atoms with E-state index in [0.717, 1.165) is 27.6 Å². The van der Waals surface area contributed by atoms with Crippen molar-refractivity contribution in [2.75, 3.05) is 38.2 Å². The number of methoxy groups -OCH3 is 1. The molecule has 0 radical (unpaired) electrons. The summed E-state index contributed by atoms with van der Waals surface area (Å²) in [5, 5.41) is 10.6. The summed E-state index contributed by atoms with van der Waals surface area (Å²) < 4.78 is 7.60. The Morgan fingerprint density at radius 3 is 2.49 bits per heavy atom. The molecule has 186 valence electrons. The van der Waals surface area contributed by atoms with Gasteiger partial charge in [0.25, 0.3) is 5.91 Å². The average Bonchev–Trinajstić information content (AvgIpc) is 3.37. The number of aryl methyl sites for hydroxylation is 1. The maximum absolute atomic E-state index is 13.2. The molecular formula is C28H25ClN6O2. The number of para-hydroxylation sites is 1. The topological polar surface area (TPSA) is 75.9 Å². The van der Waals surface area contributed by atoms with Crippen molar-refractivity contribution in [1.29, 1.82) is 0 Å². The van der Waals surface area contributed by atoms with Crippen LogP contribution in [0.25, 0.3) is 27.9 Å². The summed E-state index contributed by atoms with van der Waals surface area (Å²) in [4.78, 5) is 22.3. The molecule has 0 aliphatic carbocycles. The van der Waals surface area contributed by atoms with E-state index in [1.807, 2.05) is 83.0 Å². The lowest BCUT2D eigenvalue weighted by atomic mass is 10.1. The summed E-state index contributed by atoms with van der Waals surface area (Å²) in [6.07, 6.45) is 0. The number of hydrogen-bond acceptors (Lipinski definition) is 6. The van der Waals surface area contributed by atoms with Gasteiger partial charge in [-0.3, -0.25) is 4.79 Å². The molecule has 0 saturated carbocycles. The maximum Gasteiger partial charge on any atom is 0.254 e. The molecule has 0 atom stereocenters. The Hall–Kier alpha value is -4.17. The number of fused-ring (bicyclic) bond motifs is 3. The minimum atomic E-state index is 0.0557. The normalized spacial score (nSPS) is 13.9. The predicted octanol–water partition coefficient (Wildman–Crippen LogP) is 4.88. The molecule has 0 N–H and O–H groups in total. The minimum absolute atomic E-state index is 0.0557. The lowest BCUT2D eigenvalue weighted by Crippen LogP contribution is -2.49. The Kier molecular flexibility index (Phi) is 5.88. The van der Waals surface area contributed by atoms with Gasteiger partial charge in [0.1, 0.15) is 5.75 Å². The second-order valence-electron chi connectivity index (χ2n) is 9.05. The van der Waals surface area contributed by atoms with Crippen molar-refractivity contribution in [2.24, 2.45) is 0 Å². The van der Waals surface area contributed by atoms with Crippen LogP contribution in [0.5, 0.6) is 5.75 Å². The number of carbonyl (C=O) groups is 1. The number of anilines is 1. The van der Waals surface area contributed by atoms with Crippen molar-refractivity contribution in [2.45, 2.75) is 6.92 Å². The largest absolute Gasteiger partial charge is 0.496 e. The molecule has 1 aliphatic rings. The quantitative estimate of drug-likeness (QED) is 0.342. The zero-order valence-electron chi connectivity index (χ0n) is 20.6. The van der Waals surface area contributed by atoms with Crippen molar-refractivity contribution >= 4 is 40.0 Å². The van der Waals surface area contributed by atoms with E-state index >= 15 is 0 Å². The van der Waals surface area contributed by atoms with Gasteiger partial charge in [0.15, 0.2) is 11.5 Å². The summed E-state index contributed by atoms with van der Waals surface area (Å²) >= 11 is 6.32. The molecule has 8 nitrogen and oxygen atoms in total. The number of carbonyl (C=O) groups excluding carboxylic acids is 1. The molecule has 2 aromatic heterocycles. The highest BCUT2D eigenvalue weighted by atomic mass is 35.5. The average molecular weight is 513 g/mol. The number of ether oxygens (including phenoxy) is 1. The molecule has 1 saturated heterocycles. The Labute approximate surface area is 219 Å². The van der Waals surface area contributed by atoms with Crippen molar-refractivity contribution in [3.8, 4) is 17.1 Å². The van der Waals surface area contributed by atoms with Crippen molar-refractivity contribution in [3.63, 3.8) is 0 Å². The van der Waals surface area contributed by atoms with Crippen LogP contribution in [0.2, 0.25) is 5.02 Å². The molecule has 1 aliphatic heterocycles. The van der Waals surface area contributed by atoms with E-state index in [9.17, 15) is 4.79 Å². The third-order valence-corrected chi connectivity index (χ3v) is 7.09. The molecule has 3 heterocycles. The van der Waals surface area contributed by atoms with Gasteiger partial charge >= 0.3 is 0 Å². The van der Waals surface area contributed by atoms with E-state index in [1.54, 1.807) is 7.11 Å². The number of benzene rings is 3. The Balaban J connectivity index is 1.42. The van der Waals surface area contributed by atoms with Crippen LogP contribution in [0.1, 0.15) is 15.9 Å². The monoisotopic (exact) mass is 512 g/mol. The van der Waals surface area contributed by atoms with Gasteiger partial charge in [0.05, 0.1) is 18.2 Å². The maximum atomic E-state index is 13.2. The first kappa shape index (κ1) is 23.2. The van der Waals surface area contributed by atoms with Gasteiger partial charge in [-0.1, -0.05) is 41.9 Å². The zero-order valence-corrected chi connectivity index (χ0v) is 21.3. The number of aromatic nitrogens is 4. The summed E-state index contributed by atoms with van der Waals surface area (Å²) in [5.41, 5.74) is 3.98. The second kappa shape index (κ2) is 9.37. The third-order valence-electron chi connectivity index (χ3n) is 6.86. The van der Waals surface area contributed by atoms with Gasteiger partial charge in [-0.25, -0.2) is 9.38 Å². The van der Waals surface area contributed by atoms with E-state index in [1.165, 1.54) is 0 Å². The SMILES string of the molecule is COc1ccccc1-c1nnc2c3ccc(Cl)cc3nc(N3CCN(C(=O)c4ccccc4C)CC3)n12. The zero-order chi connectivity index (χ0) is 25.5. The smallest absolute Gasteiger partial charge is 0.254 e. The first-order valence-electron chi connectivity index (χ1n) is 12.1. The highest BCUT2D eigenvalue weighted by molar-refractivity contribution is 6.31. The van der Waals surface area contributed by atoms with Gasteiger partial charge < -0.3 is 14.5 Å². The first-order valence-corrected chi connectivity index (χ1v) is 12.5. The lowest BCUT2D eigenvalue weighted by molar-refractivity contribution is 0.0745. The first-order chi connectivity index (χ1) is 18.0. The highest BCUT2D eigenvalue weighted by Gasteiger charge is 2.27. The number of halogens is 1. The molecule has 9 heteroatoms. The van der Waals surface area contributed by atoms with Gasteiger partial charge in [0.2, 0.25) is 5.95 Å². The molecule has 6 rings (SSSR count). The highest BCUT2D eigenvalue weighted by Crippen LogP contribution is 2.34. The molecule has 0 bridgehead atoms. The van der Waals surface area contributed by atoms with E-state index in [2.05, 4.69) is 15.1 Å². The predicted molar refractivity (Wildman–Crippen MR) is 145 cm³/mol. The fourth-order valence-corrected chi connectivity index (χ4v) is 5.07. The molecule has 0 spiro atoms. The van der Waals surface area contributed by atoms with Crippen LogP contribution >= 0.6 is 11.6 Å². The molecule has 37 heavy (non-hydrogen) atoms.